The van der Waals surface area contributed by atoms with E-state index < -0.39 is 0 Å². The standard InChI is InChI=1S/C58H68/c1-37-33-39(3)51(53(41-17-25-45(26-18-41)55(5,6)7)42-19-27-46(28-20-42)56(8,9)10)35-49(37)50-36-52(40(4)34-38(50)2)54(43-21-29-47(30-22-43)57(11,12)13)44-23-31-48(32-24-44)58(14,15)16/h17-36H,1-16H3. The Labute approximate surface area is 353 Å². The molecule has 58 heavy (non-hydrogen) atoms. The van der Waals surface area contributed by atoms with E-state index in [-0.39, 0.29) is 21.7 Å². The van der Waals surface area contributed by atoms with Crippen LogP contribution in [0.1, 0.15) is 150 Å². The first-order valence-electron chi connectivity index (χ1n) is 21.3. The Balaban J connectivity index is 1.56. The van der Waals surface area contributed by atoms with E-state index in [0.717, 1.165) is 0 Å². The molecule has 5 aromatic rings. The smallest absolute Gasteiger partial charge is 0.0922 e. The molecule has 0 aliphatic heterocycles. The zero-order chi connectivity index (χ0) is 42.5. The number of aryl methyl sites for hydroxylation is 4. The van der Waals surface area contributed by atoms with Crippen molar-refractivity contribution >= 4 is 5.57 Å². The summed E-state index contributed by atoms with van der Waals surface area (Å²) >= 11 is 0. The van der Waals surface area contributed by atoms with Gasteiger partial charge >= 0.3 is 0 Å². The second-order valence-electron chi connectivity index (χ2n) is 21.0. The van der Waals surface area contributed by atoms with E-state index in [1.807, 2.05) is 0 Å². The van der Waals surface area contributed by atoms with Crippen molar-refractivity contribution < 1.29 is 0 Å². The summed E-state index contributed by atoms with van der Waals surface area (Å²) < 4.78 is 0. The van der Waals surface area contributed by atoms with E-state index in [2.05, 4.69) is 232 Å². The maximum atomic E-state index is 2.48. The lowest BCUT2D eigenvalue weighted by Gasteiger charge is -2.31. The minimum atomic E-state index is 0.0831. The minimum Gasteiger partial charge on any atom is -0.0996 e. The molecule has 0 heterocycles. The summed E-state index contributed by atoms with van der Waals surface area (Å²) in [6.45, 7) is 36.6. The number of hydrogen-bond acceptors (Lipinski definition) is 0. The molecular formula is C58H68. The van der Waals surface area contributed by atoms with Crippen molar-refractivity contribution in [1.29, 1.82) is 0 Å². The second kappa shape index (κ2) is 15.7. The van der Waals surface area contributed by atoms with E-state index in [0.29, 0.717) is 0 Å². The first-order chi connectivity index (χ1) is 26.9. The van der Waals surface area contributed by atoms with Gasteiger partial charge in [0.15, 0.2) is 0 Å². The molecule has 0 saturated carbocycles. The van der Waals surface area contributed by atoms with E-state index in [4.69, 9.17) is 0 Å². The summed E-state index contributed by atoms with van der Waals surface area (Å²) in [5, 5.41) is 0. The van der Waals surface area contributed by atoms with Gasteiger partial charge in [-0.3, -0.25) is 0 Å². The Morgan fingerprint density at radius 2 is 0.845 bits per heavy atom. The highest BCUT2D eigenvalue weighted by atomic mass is 14.3. The molecule has 0 bridgehead atoms. The lowest BCUT2D eigenvalue weighted by molar-refractivity contribution is 0.473. The molecular weight excluding hydrogens is 697 g/mol. The zero-order valence-corrected chi connectivity index (χ0v) is 38.5. The van der Waals surface area contributed by atoms with Gasteiger partial charge in [-0.2, -0.15) is 0 Å². The molecule has 0 heteroatoms. The molecule has 300 valence electrons. The summed E-state index contributed by atoms with van der Waals surface area (Å²) in [6, 6.07) is 37.7. The first kappa shape index (κ1) is 42.7. The number of hydrogen-bond donors (Lipinski definition) is 0. The van der Waals surface area contributed by atoms with Gasteiger partial charge in [0.05, 0.1) is 23.6 Å². The van der Waals surface area contributed by atoms with Crippen LogP contribution < -0.4 is 0 Å². The Kier molecular flexibility index (Phi) is 11.5. The lowest BCUT2D eigenvalue weighted by atomic mass is 9.76. The van der Waals surface area contributed by atoms with Crippen LogP contribution in [0.2, 0.25) is 0 Å². The highest BCUT2D eigenvalue weighted by Crippen LogP contribution is 2.43. The minimum absolute atomic E-state index is 0.0831. The zero-order valence-electron chi connectivity index (χ0n) is 38.5. The normalized spacial score (nSPS) is 13.7. The number of benzene rings is 5. The third kappa shape index (κ3) is 9.03. The largest absolute Gasteiger partial charge is 0.0996 e. The molecule has 0 radical (unpaired) electrons. The summed E-state index contributed by atoms with van der Waals surface area (Å²) in [6.07, 6.45) is 9.30. The lowest BCUT2D eigenvalue weighted by Crippen LogP contribution is -2.15. The molecule has 0 saturated heterocycles. The van der Waals surface area contributed by atoms with E-state index in [1.54, 1.807) is 0 Å². The third-order valence-corrected chi connectivity index (χ3v) is 12.1. The maximum Gasteiger partial charge on any atom is 0.0922 e. The Morgan fingerprint density at radius 3 is 1.26 bits per heavy atom. The van der Waals surface area contributed by atoms with Gasteiger partial charge in [-0.1, -0.05) is 205 Å². The fourth-order valence-electron chi connectivity index (χ4n) is 8.33. The highest BCUT2D eigenvalue weighted by molar-refractivity contribution is 5.90. The average molecular weight is 765 g/mol. The Bertz CT molecular complexity index is 2280. The number of allylic oxidation sites excluding steroid dienone is 5. The molecule has 6 rings (SSSR count). The Hall–Kier alpha value is -4.94. The van der Waals surface area contributed by atoms with Gasteiger partial charge in [0.2, 0.25) is 0 Å². The Morgan fingerprint density at radius 1 is 0.448 bits per heavy atom. The van der Waals surface area contributed by atoms with Gasteiger partial charge in [0, 0.05) is 23.1 Å². The van der Waals surface area contributed by atoms with Gasteiger partial charge in [-0.25, -0.2) is 0 Å². The monoisotopic (exact) mass is 765 g/mol. The van der Waals surface area contributed by atoms with Crippen LogP contribution in [-0.2, 0) is 16.2 Å². The maximum absolute atomic E-state index is 2.48. The van der Waals surface area contributed by atoms with Crippen LogP contribution in [0.15, 0.2) is 127 Å². The van der Waals surface area contributed by atoms with Crippen LogP contribution in [0.25, 0.3) is 16.7 Å². The summed E-state index contributed by atoms with van der Waals surface area (Å²) in [7, 11) is 0. The quantitative estimate of drug-likeness (QED) is 0.119. The molecule has 0 aromatic heterocycles. The third-order valence-electron chi connectivity index (χ3n) is 12.1. The SMILES string of the molecule is Cc1cc(C)c(-c2cc([C-](c3ccc(C(C)(C)C)cc3)c3ccc(C(C)(C)C)cc3)c(C)cc2C)cc1C(=C1C=C[C+](C(C)(C)C)C=C1)c1ccc(C(C)(C)C)cc1. The van der Waals surface area contributed by atoms with Crippen molar-refractivity contribution in [2.24, 2.45) is 5.41 Å². The molecule has 1 aliphatic carbocycles. The fraction of sp³-hybridized carbons (Fsp3) is 0.345. The predicted octanol–water partition coefficient (Wildman–Crippen LogP) is 16.0. The molecule has 5 aromatic carbocycles. The van der Waals surface area contributed by atoms with Crippen LogP contribution in [0.3, 0.4) is 0 Å². The topological polar surface area (TPSA) is 0 Å². The summed E-state index contributed by atoms with van der Waals surface area (Å²) in [5.74, 6) is 2.62. The highest BCUT2D eigenvalue weighted by Gasteiger charge is 2.29. The van der Waals surface area contributed by atoms with Crippen LogP contribution >= 0.6 is 0 Å². The van der Waals surface area contributed by atoms with Crippen LogP contribution in [-0.4, -0.2) is 0 Å². The fourth-order valence-corrected chi connectivity index (χ4v) is 8.33. The molecule has 0 spiro atoms. The molecule has 0 nitrogen and oxygen atoms in total. The summed E-state index contributed by atoms with van der Waals surface area (Å²) in [4.78, 5) is 0. The van der Waals surface area contributed by atoms with Gasteiger partial charge in [-0.15, -0.1) is 0 Å². The summed E-state index contributed by atoms with van der Waals surface area (Å²) in [5.41, 5.74) is 20.8. The average Bonchev–Trinajstić information content (AvgIpc) is 3.13. The molecule has 0 amide bonds. The second-order valence-corrected chi connectivity index (χ2v) is 21.0. The van der Waals surface area contributed by atoms with Gasteiger partial charge < -0.3 is 0 Å². The van der Waals surface area contributed by atoms with Gasteiger partial charge in [0.25, 0.3) is 0 Å². The van der Waals surface area contributed by atoms with Gasteiger partial charge in [0.1, 0.15) is 0 Å². The molecule has 0 unspecified atom stereocenters. The van der Waals surface area contributed by atoms with Crippen LogP contribution in [0.4, 0.5) is 0 Å². The van der Waals surface area contributed by atoms with Crippen molar-refractivity contribution in [2.75, 3.05) is 0 Å². The van der Waals surface area contributed by atoms with Crippen molar-refractivity contribution in [1.82, 2.24) is 0 Å². The van der Waals surface area contributed by atoms with Crippen LogP contribution in [0, 0.1) is 44.9 Å². The molecule has 0 N–H and O–H groups in total. The van der Waals surface area contributed by atoms with Gasteiger partial charge in [-0.05, 0) is 103 Å². The molecule has 1 aliphatic rings. The van der Waals surface area contributed by atoms with Crippen molar-refractivity contribution in [3.63, 3.8) is 0 Å². The van der Waals surface area contributed by atoms with E-state index in [1.165, 1.54) is 101 Å². The van der Waals surface area contributed by atoms with E-state index >= 15 is 0 Å². The number of rotatable bonds is 6. The molecule has 0 atom stereocenters. The predicted molar refractivity (Wildman–Crippen MR) is 254 cm³/mol. The first-order valence-corrected chi connectivity index (χ1v) is 21.3. The van der Waals surface area contributed by atoms with Crippen molar-refractivity contribution in [2.45, 2.75) is 127 Å². The van der Waals surface area contributed by atoms with Crippen LogP contribution in [0.5, 0.6) is 0 Å². The van der Waals surface area contributed by atoms with Crippen molar-refractivity contribution in [3.8, 4) is 11.1 Å². The van der Waals surface area contributed by atoms with E-state index in [9.17, 15) is 0 Å². The molecule has 0 fully saturated rings. The van der Waals surface area contributed by atoms with Crippen molar-refractivity contribution in [3.05, 3.63) is 206 Å².